The maximum atomic E-state index is 4.23. The summed E-state index contributed by atoms with van der Waals surface area (Å²) in [5, 5.41) is 0. The van der Waals surface area contributed by atoms with Gasteiger partial charge in [0.25, 0.3) is 0 Å². The molecule has 0 bridgehead atoms. The molecule has 1 aliphatic rings. The monoisotopic (exact) mass is 237 g/mol. The first-order chi connectivity index (χ1) is 6.36. The van der Waals surface area contributed by atoms with Gasteiger partial charge in [-0.15, -0.1) is 0 Å². The molecule has 0 spiro atoms. The third-order valence-corrected chi connectivity index (χ3v) is 2.86. The van der Waals surface area contributed by atoms with Crippen LogP contribution in [-0.4, -0.2) is 4.98 Å². The highest BCUT2D eigenvalue weighted by Crippen LogP contribution is 2.26. The molecule has 1 aromatic rings. The number of rotatable bonds is 1. The van der Waals surface area contributed by atoms with E-state index in [0.29, 0.717) is 0 Å². The summed E-state index contributed by atoms with van der Waals surface area (Å²) in [5.41, 5.74) is 2.74. The summed E-state index contributed by atoms with van der Waals surface area (Å²) in [7, 11) is 0. The number of allylic oxidation sites excluding steroid dienone is 2. The van der Waals surface area contributed by atoms with Crippen LogP contribution in [0.1, 0.15) is 31.2 Å². The normalized spacial score (nSPS) is 16.8. The highest BCUT2D eigenvalue weighted by atomic mass is 79.9. The average Bonchev–Trinajstić information content (AvgIpc) is 2.20. The minimum atomic E-state index is 0.910. The average molecular weight is 238 g/mol. The smallest absolute Gasteiger partial charge is 0.106 e. The molecule has 1 aliphatic carbocycles. The van der Waals surface area contributed by atoms with Crippen LogP contribution in [0.25, 0.3) is 5.57 Å². The lowest BCUT2D eigenvalue weighted by Crippen LogP contribution is -1.92. The fraction of sp³-hybridized carbons (Fsp3) is 0.364. The molecule has 0 saturated carbocycles. The van der Waals surface area contributed by atoms with Gasteiger partial charge in [0.15, 0.2) is 0 Å². The van der Waals surface area contributed by atoms with Gasteiger partial charge in [-0.2, -0.15) is 0 Å². The van der Waals surface area contributed by atoms with E-state index < -0.39 is 0 Å². The van der Waals surface area contributed by atoms with Gasteiger partial charge >= 0.3 is 0 Å². The van der Waals surface area contributed by atoms with Gasteiger partial charge in [0.2, 0.25) is 0 Å². The Labute approximate surface area is 87.0 Å². The molecule has 0 radical (unpaired) electrons. The zero-order valence-corrected chi connectivity index (χ0v) is 9.05. The molecular formula is C11H12BrN. The van der Waals surface area contributed by atoms with Crippen LogP contribution >= 0.6 is 15.9 Å². The second kappa shape index (κ2) is 4.05. The molecule has 0 amide bonds. The minimum absolute atomic E-state index is 0.910. The standard InChI is InChI=1S/C11H12BrN/c12-11-7-6-10(8-13-11)9-4-2-1-3-5-9/h4,6-8H,1-3,5H2. The quantitative estimate of drug-likeness (QED) is 0.678. The van der Waals surface area contributed by atoms with E-state index in [4.69, 9.17) is 0 Å². The number of hydrogen-bond donors (Lipinski definition) is 0. The Morgan fingerprint density at radius 1 is 1.23 bits per heavy atom. The SMILES string of the molecule is Brc1ccc(C2=CCCCC2)cn1. The zero-order valence-electron chi connectivity index (χ0n) is 7.46. The van der Waals surface area contributed by atoms with Crippen molar-refractivity contribution in [1.29, 1.82) is 0 Å². The molecule has 0 fully saturated rings. The molecule has 1 aromatic heterocycles. The molecule has 68 valence electrons. The summed E-state index contributed by atoms with van der Waals surface area (Å²) in [5.74, 6) is 0. The summed E-state index contributed by atoms with van der Waals surface area (Å²) in [6.45, 7) is 0. The van der Waals surface area contributed by atoms with Crippen molar-refractivity contribution in [1.82, 2.24) is 4.98 Å². The van der Waals surface area contributed by atoms with Crippen LogP contribution in [0.5, 0.6) is 0 Å². The van der Waals surface area contributed by atoms with Crippen molar-refractivity contribution < 1.29 is 0 Å². The Hall–Kier alpha value is -0.630. The lowest BCUT2D eigenvalue weighted by molar-refractivity contribution is 0.741. The predicted molar refractivity (Wildman–Crippen MR) is 58.4 cm³/mol. The van der Waals surface area contributed by atoms with Gasteiger partial charge in [0, 0.05) is 6.20 Å². The van der Waals surface area contributed by atoms with E-state index in [-0.39, 0.29) is 0 Å². The van der Waals surface area contributed by atoms with Crippen LogP contribution in [0.3, 0.4) is 0 Å². The first-order valence-electron chi connectivity index (χ1n) is 4.67. The summed E-state index contributed by atoms with van der Waals surface area (Å²) >= 11 is 3.34. The second-order valence-corrected chi connectivity index (χ2v) is 4.16. The van der Waals surface area contributed by atoms with Crippen molar-refractivity contribution in [2.45, 2.75) is 25.7 Å². The molecular weight excluding hydrogens is 226 g/mol. The van der Waals surface area contributed by atoms with E-state index >= 15 is 0 Å². The fourth-order valence-electron chi connectivity index (χ4n) is 1.67. The Balaban J connectivity index is 2.24. The highest BCUT2D eigenvalue weighted by molar-refractivity contribution is 9.10. The molecule has 2 rings (SSSR count). The molecule has 0 N–H and O–H groups in total. The van der Waals surface area contributed by atoms with Crippen LogP contribution in [0, 0.1) is 0 Å². The number of hydrogen-bond acceptors (Lipinski definition) is 1. The van der Waals surface area contributed by atoms with E-state index in [9.17, 15) is 0 Å². The van der Waals surface area contributed by atoms with Gasteiger partial charge in [-0.05, 0) is 58.8 Å². The lowest BCUT2D eigenvalue weighted by atomic mass is 9.95. The Bertz CT molecular complexity index is 313. The molecule has 0 aromatic carbocycles. The van der Waals surface area contributed by atoms with Crippen LogP contribution in [-0.2, 0) is 0 Å². The van der Waals surface area contributed by atoms with E-state index in [1.165, 1.54) is 36.8 Å². The number of halogens is 1. The Kier molecular flexibility index (Phi) is 2.79. The molecule has 1 heterocycles. The molecule has 13 heavy (non-hydrogen) atoms. The van der Waals surface area contributed by atoms with Crippen LogP contribution < -0.4 is 0 Å². The zero-order chi connectivity index (χ0) is 9.10. The maximum absolute atomic E-state index is 4.23. The predicted octanol–water partition coefficient (Wildman–Crippen LogP) is 3.80. The van der Waals surface area contributed by atoms with Crippen molar-refractivity contribution in [2.75, 3.05) is 0 Å². The van der Waals surface area contributed by atoms with Gasteiger partial charge in [0.05, 0.1) is 0 Å². The number of nitrogens with zero attached hydrogens (tertiary/aromatic N) is 1. The van der Waals surface area contributed by atoms with Crippen molar-refractivity contribution in [2.24, 2.45) is 0 Å². The summed E-state index contributed by atoms with van der Waals surface area (Å²) in [6, 6.07) is 4.14. The number of aromatic nitrogens is 1. The first kappa shape index (κ1) is 8.95. The Morgan fingerprint density at radius 2 is 2.15 bits per heavy atom. The van der Waals surface area contributed by atoms with Gasteiger partial charge < -0.3 is 0 Å². The molecule has 0 atom stereocenters. The summed E-state index contributed by atoms with van der Waals surface area (Å²) in [4.78, 5) is 4.23. The molecule has 0 saturated heterocycles. The van der Waals surface area contributed by atoms with E-state index in [0.717, 1.165) is 4.60 Å². The van der Waals surface area contributed by atoms with Crippen molar-refractivity contribution in [3.05, 3.63) is 34.6 Å². The number of pyridine rings is 1. The summed E-state index contributed by atoms with van der Waals surface area (Å²) in [6.07, 6.45) is 9.39. The van der Waals surface area contributed by atoms with E-state index in [2.05, 4.69) is 33.1 Å². The van der Waals surface area contributed by atoms with Crippen molar-refractivity contribution in [3.8, 4) is 0 Å². The van der Waals surface area contributed by atoms with Crippen molar-refractivity contribution >= 4 is 21.5 Å². The third kappa shape index (κ3) is 2.19. The second-order valence-electron chi connectivity index (χ2n) is 3.34. The lowest BCUT2D eigenvalue weighted by Gasteiger charge is -2.12. The van der Waals surface area contributed by atoms with Gasteiger partial charge in [-0.25, -0.2) is 4.98 Å². The van der Waals surface area contributed by atoms with Crippen LogP contribution in [0.15, 0.2) is 29.0 Å². The third-order valence-electron chi connectivity index (χ3n) is 2.39. The van der Waals surface area contributed by atoms with Gasteiger partial charge in [-0.3, -0.25) is 0 Å². The fourth-order valence-corrected chi connectivity index (χ4v) is 1.90. The molecule has 1 nitrogen and oxygen atoms in total. The first-order valence-corrected chi connectivity index (χ1v) is 5.46. The van der Waals surface area contributed by atoms with Crippen LogP contribution in [0.2, 0.25) is 0 Å². The Morgan fingerprint density at radius 3 is 2.77 bits per heavy atom. The molecule has 0 aliphatic heterocycles. The van der Waals surface area contributed by atoms with Gasteiger partial charge in [-0.1, -0.05) is 12.1 Å². The topological polar surface area (TPSA) is 12.9 Å². The van der Waals surface area contributed by atoms with Crippen molar-refractivity contribution in [3.63, 3.8) is 0 Å². The largest absolute Gasteiger partial charge is 0.249 e. The van der Waals surface area contributed by atoms with Crippen LogP contribution in [0.4, 0.5) is 0 Å². The van der Waals surface area contributed by atoms with E-state index in [1.807, 2.05) is 12.3 Å². The van der Waals surface area contributed by atoms with Gasteiger partial charge in [0.1, 0.15) is 4.60 Å². The van der Waals surface area contributed by atoms with E-state index in [1.54, 1.807) is 0 Å². The molecule has 2 heteroatoms. The summed E-state index contributed by atoms with van der Waals surface area (Å²) < 4.78 is 0.910. The highest BCUT2D eigenvalue weighted by Gasteiger charge is 2.05. The molecule has 0 unspecified atom stereocenters. The maximum Gasteiger partial charge on any atom is 0.106 e. The minimum Gasteiger partial charge on any atom is -0.249 e.